The summed E-state index contributed by atoms with van der Waals surface area (Å²) in [4.78, 5) is 14.2. The van der Waals surface area contributed by atoms with Crippen LogP contribution >= 0.6 is 0 Å². The summed E-state index contributed by atoms with van der Waals surface area (Å²) in [6.07, 6.45) is 4.41. The van der Waals surface area contributed by atoms with E-state index in [9.17, 15) is 13.2 Å². The Hall–Kier alpha value is -2.16. The Morgan fingerprint density at radius 3 is 2.64 bits per heavy atom. The van der Waals surface area contributed by atoms with Crippen LogP contribution in [0.15, 0.2) is 52.0 Å². The summed E-state index contributed by atoms with van der Waals surface area (Å²) in [7, 11) is 0.318. The van der Waals surface area contributed by atoms with Crippen LogP contribution in [-0.2, 0) is 10.0 Å². The second-order valence-corrected chi connectivity index (χ2v) is 13.0. The molecular formula is C25H36N3O4S+. The van der Waals surface area contributed by atoms with Crippen molar-refractivity contribution in [2.24, 2.45) is 10.8 Å². The lowest BCUT2D eigenvalue weighted by Gasteiger charge is -2.39. The fraction of sp³-hybridized carbons (Fsp3) is 0.560. The molecule has 8 heteroatoms. The number of hydrogen-bond acceptors (Lipinski definition) is 4. The summed E-state index contributed by atoms with van der Waals surface area (Å²) < 4.78 is 34.4. The van der Waals surface area contributed by atoms with Gasteiger partial charge < -0.3 is 14.6 Å². The molecule has 0 unspecified atom stereocenters. The average molecular weight is 475 g/mol. The van der Waals surface area contributed by atoms with Crippen LogP contribution in [0.3, 0.4) is 0 Å². The smallest absolute Gasteiger partial charge is 0.251 e. The standard InChI is InChI=1S/C25H35N3O4S/c1-24(2)13-19-14-25(3,16-24)17-28(19)33(30,31)20-9-6-8-18(12-20)23(29)26-15-21(27(4)5)22-10-7-11-32-22/h6-12,19,21H,13-17H2,1-5H3,(H,26,29)/p+1/t19-,21+,25-/m0/s1. The molecule has 3 atom stereocenters. The van der Waals surface area contributed by atoms with Gasteiger partial charge in [-0.3, -0.25) is 4.79 Å². The van der Waals surface area contributed by atoms with Crippen LogP contribution in [0, 0.1) is 10.8 Å². The minimum absolute atomic E-state index is 0.00382. The van der Waals surface area contributed by atoms with Crippen molar-refractivity contribution < 1.29 is 22.5 Å². The number of nitrogens with zero attached hydrogens (tertiary/aromatic N) is 1. The molecule has 1 aliphatic carbocycles. The highest BCUT2D eigenvalue weighted by Gasteiger charge is 2.53. The number of furan rings is 1. The van der Waals surface area contributed by atoms with Gasteiger partial charge in [0.25, 0.3) is 5.91 Å². The second-order valence-electron chi connectivity index (χ2n) is 11.1. The Kier molecular flexibility index (Phi) is 6.22. The Labute approximate surface area is 197 Å². The number of amides is 1. The maximum absolute atomic E-state index is 13.6. The second kappa shape index (κ2) is 8.56. The monoisotopic (exact) mass is 474 g/mol. The molecule has 1 aromatic heterocycles. The molecule has 1 aliphatic heterocycles. The molecule has 1 amide bonds. The SMILES string of the molecule is C[NH+](C)[C@H](CNC(=O)c1cccc(S(=O)(=O)N2C[C@@]3(C)C[C@@H]2CC(C)(C)C3)c1)c1ccco1. The fourth-order valence-electron chi connectivity index (χ4n) is 6.00. The summed E-state index contributed by atoms with van der Waals surface area (Å²) in [6.45, 7) is 7.57. The van der Waals surface area contributed by atoms with Crippen molar-refractivity contribution >= 4 is 15.9 Å². The number of benzene rings is 1. The Bertz CT molecular complexity index is 1110. The summed E-state index contributed by atoms with van der Waals surface area (Å²) in [6, 6.07) is 10.1. The zero-order valence-electron chi connectivity index (χ0n) is 20.2. The van der Waals surface area contributed by atoms with Crippen LogP contribution in [0.1, 0.15) is 62.2 Å². The Morgan fingerprint density at radius 1 is 1.21 bits per heavy atom. The number of carbonyl (C=O) groups is 1. The minimum Gasteiger partial charge on any atom is -0.463 e. The fourth-order valence-corrected chi connectivity index (χ4v) is 7.82. The van der Waals surface area contributed by atoms with Crippen LogP contribution in [0.2, 0.25) is 0 Å². The first kappa shape index (κ1) is 24.0. The molecule has 2 heterocycles. The van der Waals surface area contributed by atoms with E-state index in [1.165, 1.54) is 6.07 Å². The van der Waals surface area contributed by atoms with Gasteiger partial charge in [0.05, 0.1) is 31.8 Å². The van der Waals surface area contributed by atoms with Gasteiger partial charge in [0.2, 0.25) is 10.0 Å². The number of quaternary nitrogens is 1. The highest BCUT2D eigenvalue weighted by molar-refractivity contribution is 7.89. The van der Waals surface area contributed by atoms with Gasteiger partial charge in [0, 0.05) is 18.2 Å². The van der Waals surface area contributed by atoms with E-state index in [0.717, 1.165) is 29.9 Å². The lowest BCUT2D eigenvalue weighted by molar-refractivity contribution is -0.891. The molecule has 1 saturated carbocycles. The Morgan fingerprint density at radius 2 is 1.97 bits per heavy atom. The van der Waals surface area contributed by atoms with Crippen molar-refractivity contribution in [2.75, 3.05) is 27.2 Å². The van der Waals surface area contributed by atoms with Gasteiger partial charge in [-0.05, 0) is 60.4 Å². The van der Waals surface area contributed by atoms with Crippen molar-refractivity contribution in [1.82, 2.24) is 9.62 Å². The highest BCUT2D eigenvalue weighted by Crippen LogP contribution is 2.53. The normalized spacial score (nSPS) is 25.8. The summed E-state index contributed by atoms with van der Waals surface area (Å²) in [5, 5.41) is 2.94. The molecule has 180 valence electrons. The topological polar surface area (TPSA) is 84.1 Å². The lowest BCUT2D eigenvalue weighted by Crippen LogP contribution is -3.07. The van der Waals surface area contributed by atoms with E-state index in [-0.39, 0.29) is 33.7 Å². The lowest BCUT2D eigenvalue weighted by atomic mass is 9.65. The zero-order valence-corrected chi connectivity index (χ0v) is 21.0. The number of carbonyl (C=O) groups excluding carboxylic acids is 1. The number of hydrogen-bond donors (Lipinski definition) is 2. The molecule has 0 radical (unpaired) electrons. The molecule has 2 aliphatic rings. The molecule has 1 aromatic carbocycles. The third-order valence-corrected chi connectivity index (χ3v) is 9.01. The van der Waals surface area contributed by atoms with Crippen LogP contribution in [0.25, 0.3) is 0 Å². The molecule has 0 spiro atoms. The third-order valence-electron chi connectivity index (χ3n) is 7.12. The summed E-state index contributed by atoms with van der Waals surface area (Å²) in [5.74, 6) is 0.501. The zero-order chi connectivity index (χ0) is 24.0. The average Bonchev–Trinajstić information content (AvgIpc) is 3.33. The van der Waals surface area contributed by atoms with Crippen LogP contribution in [0.5, 0.6) is 0 Å². The molecule has 2 aromatic rings. The largest absolute Gasteiger partial charge is 0.463 e. The molecule has 2 N–H and O–H groups in total. The first-order valence-electron chi connectivity index (χ1n) is 11.6. The van der Waals surface area contributed by atoms with Crippen LogP contribution < -0.4 is 10.2 Å². The van der Waals surface area contributed by atoms with Gasteiger partial charge in [-0.15, -0.1) is 0 Å². The van der Waals surface area contributed by atoms with Gasteiger partial charge in [0.1, 0.15) is 0 Å². The minimum atomic E-state index is -3.68. The summed E-state index contributed by atoms with van der Waals surface area (Å²) in [5.41, 5.74) is 0.476. The number of likely N-dealkylation sites (N-methyl/N-ethyl adjacent to an activating group) is 1. The van der Waals surface area contributed by atoms with E-state index in [2.05, 4.69) is 26.1 Å². The van der Waals surface area contributed by atoms with Crippen molar-refractivity contribution in [3.05, 3.63) is 54.0 Å². The number of fused-ring (bicyclic) bond motifs is 2. The summed E-state index contributed by atoms with van der Waals surface area (Å²) >= 11 is 0. The number of sulfonamides is 1. The van der Waals surface area contributed by atoms with E-state index in [1.54, 1.807) is 28.8 Å². The third kappa shape index (κ3) is 4.88. The van der Waals surface area contributed by atoms with E-state index in [4.69, 9.17) is 4.42 Å². The first-order valence-corrected chi connectivity index (χ1v) is 13.1. The molecule has 2 fully saturated rings. The van der Waals surface area contributed by atoms with Gasteiger partial charge >= 0.3 is 0 Å². The molecule has 7 nitrogen and oxygen atoms in total. The van der Waals surface area contributed by atoms with Gasteiger partial charge in [-0.25, -0.2) is 8.42 Å². The van der Waals surface area contributed by atoms with Crippen molar-refractivity contribution in [3.63, 3.8) is 0 Å². The quantitative estimate of drug-likeness (QED) is 0.646. The maximum atomic E-state index is 13.6. The van der Waals surface area contributed by atoms with Crippen LogP contribution in [0.4, 0.5) is 0 Å². The molecule has 2 bridgehead atoms. The predicted octanol–water partition coefficient (Wildman–Crippen LogP) is 2.48. The van der Waals surface area contributed by atoms with E-state index >= 15 is 0 Å². The van der Waals surface area contributed by atoms with E-state index < -0.39 is 10.0 Å². The number of nitrogens with one attached hydrogen (secondary N) is 2. The van der Waals surface area contributed by atoms with Gasteiger partial charge in [-0.1, -0.05) is 26.8 Å². The molecule has 33 heavy (non-hydrogen) atoms. The van der Waals surface area contributed by atoms with E-state index in [0.29, 0.717) is 18.7 Å². The molecule has 1 saturated heterocycles. The maximum Gasteiger partial charge on any atom is 0.251 e. The highest BCUT2D eigenvalue weighted by atomic mass is 32.2. The van der Waals surface area contributed by atoms with Crippen molar-refractivity contribution in [3.8, 4) is 0 Å². The van der Waals surface area contributed by atoms with Crippen molar-refractivity contribution in [2.45, 2.75) is 57.0 Å². The van der Waals surface area contributed by atoms with Gasteiger partial charge in [0.15, 0.2) is 11.8 Å². The molecule has 4 rings (SSSR count). The first-order chi connectivity index (χ1) is 15.4. The van der Waals surface area contributed by atoms with Gasteiger partial charge in [-0.2, -0.15) is 4.31 Å². The van der Waals surface area contributed by atoms with Crippen LogP contribution in [-0.4, -0.2) is 51.9 Å². The Balaban J connectivity index is 1.51. The molecular weight excluding hydrogens is 438 g/mol. The van der Waals surface area contributed by atoms with Crippen molar-refractivity contribution in [1.29, 1.82) is 0 Å². The van der Waals surface area contributed by atoms with E-state index in [1.807, 2.05) is 26.2 Å². The predicted molar refractivity (Wildman–Crippen MR) is 126 cm³/mol. The number of rotatable bonds is 7.